The van der Waals surface area contributed by atoms with Gasteiger partial charge in [0.1, 0.15) is 0 Å². The zero-order chi connectivity index (χ0) is 13.1. The van der Waals surface area contributed by atoms with Crippen molar-refractivity contribution in [1.29, 1.82) is 0 Å². The third-order valence-corrected chi connectivity index (χ3v) is 2.21. The van der Waals surface area contributed by atoms with Crippen molar-refractivity contribution in [2.45, 2.75) is 12.8 Å². The first kappa shape index (κ1) is 14.5. The van der Waals surface area contributed by atoms with E-state index in [4.69, 9.17) is 10.5 Å². The van der Waals surface area contributed by atoms with Crippen LogP contribution in [0.5, 0.6) is 0 Å². The van der Waals surface area contributed by atoms with E-state index in [0.717, 1.165) is 18.5 Å². The largest absolute Gasteiger partial charge is 0.381 e. The maximum atomic E-state index is 11.5. The third-order valence-electron chi connectivity index (χ3n) is 2.21. The molecule has 0 aliphatic rings. The first-order valence-corrected chi connectivity index (χ1v) is 6.11. The SMILES string of the molecule is NCCCOCCCNC(=O)Nc1c[c]ccc1. The molecule has 5 nitrogen and oxygen atoms in total. The minimum atomic E-state index is -0.212. The number of ether oxygens (including phenoxy) is 1. The van der Waals surface area contributed by atoms with Crippen LogP contribution in [-0.4, -0.2) is 32.3 Å². The number of carbonyl (C=O) groups is 1. The smallest absolute Gasteiger partial charge is 0.319 e. The lowest BCUT2D eigenvalue weighted by molar-refractivity contribution is 0.131. The zero-order valence-corrected chi connectivity index (χ0v) is 10.4. The molecule has 0 atom stereocenters. The molecule has 0 bridgehead atoms. The molecule has 0 unspecified atom stereocenters. The summed E-state index contributed by atoms with van der Waals surface area (Å²) in [6.45, 7) is 2.56. The van der Waals surface area contributed by atoms with Gasteiger partial charge in [-0.1, -0.05) is 12.1 Å². The van der Waals surface area contributed by atoms with Gasteiger partial charge in [0, 0.05) is 25.4 Å². The molecule has 0 aromatic heterocycles. The lowest BCUT2D eigenvalue weighted by Gasteiger charge is -2.07. The Labute approximate surface area is 108 Å². The number of urea groups is 1. The second-order valence-electron chi connectivity index (χ2n) is 3.78. The predicted molar refractivity (Wildman–Crippen MR) is 71.4 cm³/mol. The van der Waals surface area contributed by atoms with E-state index in [1.54, 1.807) is 12.1 Å². The summed E-state index contributed by atoms with van der Waals surface area (Å²) in [4.78, 5) is 11.5. The molecule has 0 saturated carbocycles. The van der Waals surface area contributed by atoms with E-state index in [-0.39, 0.29) is 6.03 Å². The summed E-state index contributed by atoms with van der Waals surface area (Å²) in [5, 5.41) is 5.47. The van der Waals surface area contributed by atoms with E-state index < -0.39 is 0 Å². The average molecular weight is 250 g/mol. The first-order chi connectivity index (χ1) is 8.83. The molecular formula is C13H20N3O2. The highest BCUT2D eigenvalue weighted by atomic mass is 16.5. The Bertz CT molecular complexity index is 330. The molecule has 2 amide bonds. The van der Waals surface area contributed by atoms with Crippen LogP contribution in [0, 0.1) is 6.07 Å². The van der Waals surface area contributed by atoms with Crippen LogP contribution in [0.2, 0.25) is 0 Å². The molecule has 0 fully saturated rings. The normalized spacial score (nSPS) is 10.1. The topological polar surface area (TPSA) is 76.4 Å². The molecule has 0 aliphatic heterocycles. The van der Waals surface area contributed by atoms with Crippen LogP contribution in [0.25, 0.3) is 0 Å². The van der Waals surface area contributed by atoms with Crippen LogP contribution in [0.1, 0.15) is 12.8 Å². The quantitative estimate of drug-likeness (QED) is 0.610. The van der Waals surface area contributed by atoms with Crippen molar-refractivity contribution < 1.29 is 9.53 Å². The molecule has 0 heterocycles. The fourth-order valence-electron chi connectivity index (χ4n) is 1.31. The summed E-state index contributed by atoms with van der Waals surface area (Å²) in [5.74, 6) is 0. The van der Waals surface area contributed by atoms with Gasteiger partial charge in [-0.15, -0.1) is 0 Å². The average Bonchev–Trinajstić information content (AvgIpc) is 2.39. The van der Waals surface area contributed by atoms with Gasteiger partial charge >= 0.3 is 6.03 Å². The van der Waals surface area contributed by atoms with Gasteiger partial charge < -0.3 is 21.1 Å². The van der Waals surface area contributed by atoms with Gasteiger partial charge in [0.05, 0.1) is 0 Å². The summed E-state index contributed by atoms with van der Waals surface area (Å²) < 4.78 is 5.32. The van der Waals surface area contributed by atoms with Gasteiger partial charge in [-0.25, -0.2) is 4.79 Å². The Morgan fingerprint density at radius 1 is 1.39 bits per heavy atom. The Hall–Kier alpha value is -1.59. The van der Waals surface area contributed by atoms with Crippen LogP contribution >= 0.6 is 0 Å². The van der Waals surface area contributed by atoms with Crippen LogP contribution in [0.15, 0.2) is 24.3 Å². The van der Waals surface area contributed by atoms with Crippen molar-refractivity contribution in [3.63, 3.8) is 0 Å². The van der Waals surface area contributed by atoms with Gasteiger partial charge in [0.15, 0.2) is 0 Å². The van der Waals surface area contributed by atoms with E-state index in [1.165, 1.54) is 0 Å². The Kier molecular flexibility index (Phi) is 7.59. The van der Waals surface area contributed by atoms with Crippen LogP contribution in [-0.2, 0) is 4.74 Å². The van der Waals surface area contributed by atoms with E-state index in [0.29, 0.717) is 26.3 Å². The number of anilines is 1. The molecular weight excluding hydrogens is 230 g/mol. The van der Waals surface area contributed by atoms with Crippen LogP contribution in [0.3, 0.4) is 0 Å². The Morgan fingerprint density at radius 2 is 2.22 bits per heavy atom. The van der Waals surface area contributed by atoms with Gasteiger partial charge in [-0.05, 0) is 37.6 Å². The van der Waals surface area contributed by atoms with Crippen molar-refractivity contribution >= 4 is 11.7 Å². The number of carbonyl (C=O) groups excluding carboxylic acids is 1. The molecule has 18 heavy (non-hydrogen) atoms. The van der Waals surface area contributed by atoms with Gasteiger partial charge in [-0.3, -0.25) is 0 Å². The van der Waals surface area contributed by atoms with E-state index in [9.17, 15) is 4.79 Å². The number of nitrogens with one attached hydrogen (secondary N) is 2. The number of benzene rings is 1. The second-order valence-corrected chi connectivity index (χ2v) is 3.78. The Morgan fingerprint density at radius 3 is 2.94 bits per heavy atom. The zero-order valence-electron chi connectivity index (χ0n) is 10.4. The fourth-order valence-corrected chi connectivity index (χ4v) is 1.31. The molecule has 1 rings (SSSR count). The van der Waals surface area contributed by atoms with E-state index >= 15 is 0 Å². The van der Waals surface area contributed by atoms with Gasteiger partial charge in [0.25, 0.3) is 0 Å². The van der Waals surface area contributed by atoms with E-state index in [1.807, 2.05) is 12.1 Å². The Balaban J connectivity index is 2.00. The summed E-state index contributed by atoms with van der Waals surface area (Å²) >= 11 is 0. The molecule has 1 radical (unpaired) electrons. The minimum absolute atomic E-state index is 0.212. The van der Waals surface area contributed by atoms with Crippen molar-refractivity contribution in [3.05, 3.63) is 30.3 Å². The van der Waals surface area contributed by atoms with Gasteiger partial charge in [0.2, 0.25) is 0 Å². The molecule has 5 heteroatoms. The second kappa shape index (κ2) is 9.44. The van der Waals surface area contributed by atoms with Crippen molar-refractivity contribution in [2.75, 3.05) is 31.6 Å². The maximum absolute atomic E-state index is 11.5. The maximum Gasteiger partial charge on any atom is 0.319 e. The molecule has 1 aromatic rings. The highest BCUT2D eigenvalue weighted by Gasteiger charge is 1.99. The standard InChI is InChI=1S/C13H20N3O2/c14-8-4-10-18-11-5-9-15-13(17)16-12-6-2-1-3-7-12/h1-2,6-7H,4-5,8-11,14H2,(H2,15,16,17). The monoisotopic (exact) mass is 250 g/mol. The summed E-state index contributed by atoms with van der Waals surface area (Å²) in [7, 11) is 0. The molecule has 0 aliphatic carbocycles. The molecule has 4 N–H and O–H groups in total. The molecule has 1 aromatic carbocycles. The molecule has 99 valence electrons. The van der Waals surface area contributed by atoms with Crippen LogP contribution < -0.4 is 16.4 Å². The first-order valence-electron chi connectivity index (χ1n) is 6.11. The third kappa shape index (κ3) is 6.88. The summed E-state index contributed by atoms with van der Waals surface area (Å²) in [5.41, 5.74) is 6.07. The summed E-state index contributed by atoms with van der Waals surface area (Å²) in [6.07, 6.45) is 1.66. The minimum Gasteiger partial charge on any atom is -0.381 e. The highest BCUT2D eigenvalue weighted by Crippen LogP contribution is 2.03. The lowest BCUT2D eigenvalue weighted by atomic mass is 10.3. The fraction of sp³-hybridized carbons (Fsp3) is 0.462. The number of hydrogen-bond acceptors (Lipinski definition) is 3. The number of hydrogen-bond donors (Lipinski definition) is 3. The van der Waals surface area contributed by atoms with E-state index in [2.05, 4.69) is 16.7 Å². The van der Waals surface area contributed by atoms with Crippen LogP contribution in [0.4, 0.5) is 10.5 Å². The molecule has 0 saturated heterocycles. The van der Waals surface area contributed by atoms with Crippen molar-refractivity contribution in [1.82, 2.24) is 5.32 Å². The van der Waals surface area contributed by atoms with Crippen molar-refractivity contribution in [2.24, 2.45) is 5.73 Å². The number of rotatable bonds is 8. The molecule has 0 spiro atoms. The lowest BCUT2D eigenvalue weighted by Crippen LogP contribution is -2.30. The van der Waals surface area contributed by atoms with Crippen molar-refractivity contribution in [3.8, 4) is 0 Å². The number of nitrogens with two attached hydrogens (primary N) is 1. The summed E-state index contributed by atoms with van der Waals surface area (Å²) in [6, 6.07) is 9.81. The highest BCUT2D eigenvalue weighted by molar-refractivity contribution is 5.89. The number of amides is 2. The van der Waals surface area contributed by atoms with Gasteiger partial charge in [-0.2, -0.15) is 0 Å². The predicted octanol–water partition coefficient (Wildman–Crippen LogP) is 1.36.